The maximum Gasteiger partial charge on any atom is 0.238 e. The fourth-order valence-corrected chi connectivity index (χ4v) is 7.72. The van der Waals surface area contributed by atoms with Crippen molar-refractivity contribution in [1.82, 2.24) is 24.5 Å². The Balaban J connectivity index is 1.35. The summed E-state index contributed by atoms with van der Waals surface area (Å²) < 4.78 is 5.72. The third-order valence-electron chi connectivity index (χ3n) is 7.64. The SMILES string of the molecule is c1cc(-c2nc(-c3ccc4c(c3)sc3ccccc34)nc(-n3c4ccccc4c4ccccc43)n2)c2scnc2c1. The second kappa shape index (κ2) is 8.76. The third kappa shape index (κ3) is 3.46. The summed E-state index contributed by atoms with van der Waals surface area (Å²) in [5.74, 6) is 1.88. The normalized spacial score (nSPS) is 11.9. The fourth-order valence-electron chi connectivity index (χ4n) is 5.78. The molecule has 0 amide bonds. The van der Waals surface area contributed by atoms with E-state index in [1.165, 1.54) is 30.9 Å². The van der Waals surface area contributed by atoms with Gasteiger partial charge in [0.2, 0.25) is 5.95 Å². The van der Waals surface area contributed by atoms with Crippen molar-refractivity contribution in [2.75, 3.05) is 0 Å². The first-order valence-corrected chi connectivity index (χ1v) is 15.0. The van der Waals surface area contributed by atoms with Gasteiger partial charge in [0, 0.05) is 42.1 Å². The number of nitrogens with zero attached hydrogens (tertiary/aromatic N) is 5. The third-order valence-corrected chi connectivity index (χ3v) is 9.65. The van der Waals surface area contributed by atoms with Crippen LogP contribution < -0.4 is 0 Å². The van der Waals surface area contributed by atoms with Crippen molar-refractivity contribution in [3.8, 4) is 28.7 Å². The Hall–Kier alpha value is -4.98. The number of rotatable bonds is 3. The number of benzene rings is 5. The lowest BCUT2D eigenvalue weighted by molar-refractivity contribution is 0.955. The fraction of sp³-hybridized carbons (Fsp3) is 0. The Morgan fingerprint density at radius 1 is 0.561 bits per heavy atom. The van der Waals surface area contributed by atoms with E-state index in [9.17, 15) is 0 Å². The molecule has 0 radical (unpaired) electrons. The first kappa shape index (κ1) is 22.8. The smallest absolute Gasteiger partial charge is 0.238 e. The van der Waals surface area contributed by atoms with Crippen molar-refractivity contribution in [2.24, 2.45) is 0 Å². The minimum absolute atomic E-state index is 0.598. The maximum absolute atomic E-state index is 5.13. The van der Waals surface area contributed by atoms with Gasteiger partial charge in [0.15, 0.2) is 11.6 Å². The van der Waals surface area contributed by atoms with Gasteiger partial charge in [0.25, 0.3) is 0 Å². The van der Waals surface area contributed by atoms with Crippen LogP contribution >= 0.6 is 22.7 Å². The minimum atomic E-state index is 0.598. The molecular formula is C34H19N5S2. The molecule has 5 nitrogen and oxygen atoms in total. The summed E-state index contributed by atoms with van der Waals surface area (Å²) in [5, 5.41) is 4.87. The van der Waals surface area contributed by atoms with Crippen LogP contribution in [-0.2, 0) is 0 Å². The number of aromatic nitrogens is 5. The summed E-state index contributed by atoms with van der Waals surface area (Å²) in [6.45, 7) is 0. The molecular weight excluding hydrogens is 543 g/mol. The number of thiophene rings is 1. The number of para-hydroxylation sites is 2. The van der Waals surface area contributed by atoms with Crippen molar-refractivity contribution in [3.63, 3.8) is 0 Å². The summed E-state index contributed by atoms with van der Waals surface area (Å²) in [4.78, 5) is 19.9. The molecule has 0 atom stereocenters. The van der Waals surface area contributed by atoms with Crippen LogP contribution in [0.3, 0.4) is 0 Å². The summed E-state index contributed by atoms with van der Waals surface area (Å²) in [7, 11) is 0. The van der Waals surface area contributed by atoms with E-state index in [0.717, 1.165) is 32.4 Å². The Labute approximate surface area is 242 Å². The van der Waals surface area contributed by atoms with Crippen molar-refractivity contribution in [3.05, 3.63) is 115 Å². The molecule has 0 N–H and O–H groups in total. The van der Waals surface area contributed by atoms with Crippen LogP contribution in [0.1, 0.15) is 0 Å². The molecule has 0 saturated heterocycles. The molecule has 0 saturated carbocycles. The van der Waals surface area contributed by atoms with Crippen LogP contribution in [-0.4, -0.2) is 24.5 Å². The molecule has 9 rings (SSSR count). The lowest BCUT2D eigenvalue weighted by Crippen LogP contribution is -2.06. The van der Waals surface area contributed by atoms with E-state index in [-0.39, 0.29) is 0 Å². The molecule has 192 valence electrons. The van der Waals surface area contributed by atoms with Gasteiger partial charge < -0.3 is 0 Å². The Morgan fingerprint density at radius 2 is 1.27 bits per heavy atom. The molecule has 0 aliphatic heterocycles. The summed E-state index contributed by atoms with van der Waals surface area (Å²) >= 11 is 3.40. The first-order chi connectivity index (χ1) is 20.3. The predicted octanol–water partition coefficient (Wildman–Crippen LogP) is 9.28. The summed E-state index contributed by atoms with van der Waals surface area (Å²) in [6, 6.07) is 38.1. The molecule has 0 unspecified atom stereocenters. The molecule has 7 heteroatoms. The van der Waals surface area contributed by atoms with E-state index in [2.05, 4.69) is 107 Å². The van der Waals surface area contributed by atoms with E-state index >= 15 is 0 Å². The standard InChI is InChI=1S/C34H19N5S2/c1-4-13-27-21(8-1)22-9-2-5-14-28(22)39(27)34-37-32(36-33(38-34)25-11-7-12-26-31(25)40-19-35-26)20-16-17-24-23-10-3-6-15-29(23)41-30(24)18-20/h1-19H. The molecule has 5 aromatic carbocycles. The first-order valence-electron chi connectivity index (χ1n) is 13.3. The average Bonchev–Trinajstić information content (AvgIpc) is 3.74. The van der Waals surface area contributed by atoms with Gasteiger partial charge in [0.1, 0.15) is 0 Å². The zero-order valence-electron chi connectivity index (χ0n) is 21.5. The molecule has 0 bridgehead atoms. The molecule has 0 aliphatic rings. The maximum atomic E-state index is 5.13. The highest BCUT2D eigenvalue weighted by molar-refractivity contribution is 7.25. The molecule has 9 aromatic rings. The molecule has 4 aromatic heterocycles. The van der Waals surface area contributed by atoms with Gasteiger partial charge in [-0.05, 0) is 36.4 Å². The highest BCUT2D eigenvalue weighted by Crippen LogP contribution is 2.37. The Kier molecular flexibility index (Phi) is 4.87. The summed E-state index contributed by atoms with van der Waals surface area (Å²) in [6.07, 6.45) is 0. The highest BCUT2D eigenvalue weighted by atomic mass is 32.1. The average molecular weight is 562 g/mol. The van der Waals surface area contributed by atoms with E-state index in [0.29, 0.717) is 17.6 Å². The quantitative estimate of drug-likeness (QED) is 0.216. The Morgan fingerprint density at radius 3 is 2.10 bits per heavy atom. The Bertz CT molecular complexity index is 2400. The van der Waals surface area contributed by atoms with Crippen molar-refractivity contribution >= 4 is 74.9 Å². The largest absolute Gasteiger partial charge is 0.278 e. The molecule has 41 heavy (non-hydrogen) atoms. The topological polar surface area (TPSA) is 56.5 Å². The van der Waals surface area contributed by atoms with Crippen LogP contribution in [0.4, 0.5) is 0 Å². The molecule has 0 spiro atoms. The van der Waals surface area contributed by atoms with Gasteiger partial charge >= 0.3 is 0 Å². The van der Waals surface area contributed by atoms with Gasteiger partial charge in [-0.15, -0.1) is 22.7 Å². The van der Waals surface area contributed by atoms with Crippen LogP contribution in [0.5, 0.6) is 0 Å². The number of thiazole rings is 1. The summed E-state index contributed by atoms with van der Waals surface area (Å²) in [5.41, 5.74) is 6.87. The van der Waals surface area contributed by atoms with E-state index in [4.69, 9.17) is 15.0 Å². The number of fused-ring (bicyclic) bond motifs is 7. The zero-order chi connectivity index (χ0) is 26.9. The van der Waals surface area contributed by atoms with Crippen molar-refractivity contribution in [2.45, 2.75) is 0 Å². The van der Waals surface area contributed by atoms with E-state index in [1.54, 1.807) is 22.7 Å². The van der Waals surface area contributed by atoms with E-state index in [1.807, 2.05) is 17.6 Å². The lowest BCUT2D eigenvalue weighted by Gasteiger charge is -2.11. The predicted molar refractivity (Wildman–Crippen MR) is 171 cm³/mol. The van der Waals surface area contributed by atoms with Crippen molar-refractivity contribution in [1.29, 1.82) is 0 Å². The minimum Gasteiger partial charge on any atom is -0.278 e. The molecule has 4 heterocycles. The van der Waals surface area contributed by atoms with Gasteiger partial charge in [-0.25, -0.2) is 9.97 Å². The highest BCUT2D eigenvalue weighted by Gasteiger charge is 2.19. The van der Waals surface area contributed by atoms with Crippen molar-refractivity contribution < 1.29 is 0 Å². The molecule has 0 fully saturated rings. The molecule has 0 aliphatic carbocycles. The van der Waals surface area contributed by atoms with Gasteiger partial charge in [-0.1, -0.05) is 72.8 Å². The van der Waals surface area contributed by atoms with Crippen LogP contribution in [0.2, 0.25) is 0 Å². The lowest BCUT2D eigenvalue weighted by atomic mass is 10.1. The number of hydrogen-bond donors (Lipinski definition) is 0. The van der Waals surface area contributed by atoms with Gasteiger partial charge in [-0.2, -0.15) is 9.97 Å². The van der Waals surface area contributed by atoms with Gasteiger partial charge in [0.05, 0.1) is 26.8 Å². The van der Waals surface area contributed by atoms with E-state index < -0.39 is 0 Å². The second-order valence-electron chi connectivity index (χ2n) is 9.97. The van der Waals surface area contributed by atoms with Gasteiger partial charge in [-0.3, -0.25) is 4.57 Å². The second-order valence-corrected chi connectivity index (χ2v) is 11.9. The monoisotopic (exact) mass is 561 g/mol. The zero-order valence-corrected chi connectivity index (χ0v) is 23.2. The van der Waals surface area contributed by atoms with Crippen LogP contribution in [0.25, 0.3) is 80.9 Å². The number of hydrogen-bond acceptors (Lipinski definition) is 6. The van der Waals surface area contributed by atoms with Crippen LogP contribution in [0, 0.1) is 0 Å². The van der Waals surface area contributed by atoms with Crippen LogP contribution in [0.15, 0.2) is 115 Å².